The number of rotatable bonds is 3. The van der Waals surface area contributed by atoms with Gasteiger partial charge in [0.1, 0.15) is 4.34 Å². The Hall–Kier alpha value is -0.880. The second kappa shape index (κ2) is 6.72. The van der Waals surface area contributed by atoms with Crippen LogP contribution in [0, 0.1) is 0 Å². The van der Waals surface area contributed by atoms with Gasteiger partial charge < -0.3 is 0 Å². The number of hydrogen-bond acceptors (Lipinski definition) is 3. The summed E-state index contributed by atoms with van der Waals surface area (Å²) >= 11 is 16.5. The minimum atomic E-state index is -0.283. The molecule has 0 fully saturated rings. The molecular formula is C13H9BrCl2N2OS. The number of nitrogens with one attached hydrogen (secondary N) is 1. The highest BCUT2D eigenvalue weighted by atomic mass is 79.9. The number of benzene rings is 1. The number of halogens is 3. The molecule has 1 heterocycles. The molecule has 2 rings (SSSR count). The van der Waals surface area contributed by atoms with Crippen LogP contribution in [0.1, 0.15) is 22.8 Å². The Morgan fingerprint density at radius 3 is 2.50 bits per heavy atom. The number of thiophene rings is 1. The molecule has 2 aromatic rings. The van der Waals surface area contributed by atoms with Gasteiger partial charge in [-0.2, -0.15) is 5.10 Å². The third-order valence-electron chi connectivity index (χ3n) is 2.48. The Morgan fingerprint density at radius 1 is 1.30 bits per heavy atom. The van der Waals surface area contributed by atoms with Gasteiger partial charge in [-0.05, 0) is 37.3 Å². The van der Waals surface area contributed by atoms with Crippen LogP contribution in [-0.4, -0.2) is 11.6 Å². The average molecular weight is 392 g/mol. The Labute approximate surface area is 138 Å². The molecule has 20 heavy (non-hydrogen) atoms. The van der Waals surface area contributed by atoms with Crippen molar-refractivity contribution in [3.8, 4) is 0 Å². The van der Waals surface area contributed by atoms with E-state index >= 15 is 0 Å². The van der Waals surface area contributed by atoms with Crippen LogP contribution in [0.15, 0.2) is 39.9 Å². The van der Waals surface area contributed by atoms with Crippen molar-refractivity contribution in [1.82, 2.24) is 5.43 Å². The predicted molar refractivity (Wildman–Crippen MR) is 88.2 cm³/mol. The molecule has 0 aliphatic heterocycles. The van der Waals surface area contributed by atoms with E-state index < -0.39 is 0 Å². The van der Waals surface area contributed by atoms with Gasteiger partial charge >= 0.3 is 0 Å². The second-order valence-electron chi connectivity index (χ2n) is 3.88. The number of hydrogen-bond donors (Lipinski definition) is 1. The van der Waals surface area contributed by atoms with E-state index in [1.54, 1.807) is 37.3 Å². The van der Waals surface area contributed by atoms with Crippen molar-refractivity contribution >= 4 is 62.1 Å². The van der Waals surface area contributed by atoms with Crippen molar-refractivity contribution in [2.45, 2.75) is 6.92 Å². The summed E-state index contributed by atoms with van der Waals surface area (Å²) in [6.45, 7) is 1.76. The molecule has 0 unspecified atom stereocenters. The smallest absolute Gasteiger partial charge is 0.267 e. The first-order valence-corrected chi connectivity index (χ1v) is 7.89. The zero-order valence-electron chi connectivity index (χ0n) is 10.3. The maximum absolute atomic E-state index is 11.9. The van der Waals surface area contributed by atoms with Crippen LogP contribution in [-0.2, 0) is 0 Å². The van der Waals surface area contributed by atoms with E-state index in [9.17, 15) is 4.79 Å². The molecular weight excluding hydrogens is 383 g/mol. The van der Waals surface area contributed by atoms with E-state index in [-0.39, 0.29) is 5.91 Å². The van der Waals surface area contributed by atoms with E-state index in [1.807, 2.05) is 0 Å². The molecule has 0 aliphatic rings. The van der Waals surface area contributed by atoms with E-state index in [0.717, 1.165) is 10.0 Å². The van der Waals surface area contributed by atoms with Crippen LogP contribution in [0.2, 0.25) is 8.67 Å². The first-order valence-electron chi connectivity index (χ1n) is 5.53. The maximum Gasteiger partial charge on any atom is 0.271 e. The van der Waals surface area contributed by atoms with Crippen molar-refractivity contribution < 1.29 is 4.79 Å². The molecule has 1 aromatic heterocycles. The van der Waals surface area contributed by atoms with Crippen LogP contribution >= 0.6 is 50.5 Å². The van der Waals surface area contributed by atoms with Crippen molar-refractivity contribution in [3.63, 3.8) is 0 Å². The first kappa shape index (κ1) is 15.5. The number of carbonyl (C=O) groups excluding carboxylic acids is 1. The van der Waals surface area contributed by atoms with Gasteiger partial charge in [0, 0.05) is 15.6 Å². The van der Waals surface area contributed by atoms with Gasteiger partial charge in [0.15, 0.2) is 0 Å². The zero-order valence-corrected chi connectivity index (χ0v) is 14.2. The molecule has 0 saturated carbocycles. The van der Waals surface area contributed by atoms with Gasteiger partial charge in [-0.1, -0.05) is 39.1 Å². The number of amides is 1. The molecule has 0 spiro atoms. The lowest BCUT2D eigenvalue weighted by Crippen LogP contribution is -2.19. The lowest BCUT2D eigenvalue weighted by molar-refractivity contribution is 0.0955. The number of hydrazone groups is 1. The summed E-state index contributed by atoms with van der Waals surface area (Å²) in [5.74, 6) is -0.283. The Balaban J connectivity index is 2.10. The fraction of sp³-hybridized carbons (Fsp3) is 0.0769. The monoisotopic (exact) mass is 390 g/mol. The first-order chi connectivity index (χ1) is 9.47. The lowest BCUT2D eigenvalue weighted by atomic mass is 10.2. The molecule has 104 valence electrons. The van der Waals surface area contributed by atoms with Gasteiger partial charge in [0.25, 0.3) is 5.91 Å². The summed E-state index contributed by atoms with van der Waals surface area (Å²) in [6.07, 6.45) is 0. The van der Waals surface area contributed by atoms with E-state index in [4.69, 9.17) is 23.2 Å². The predicted octanol–water partition coefficient (Wildman–Crippen LogP) is 4.97. The highest BCUT2D eigenvalue weighted by Crippen LogP contribution is 2.31. The van der Waals surface area contributed by atoms with E-state index in [0.29, 0.717) is 19.9 Å². The summed E-state index contributed by atoms with van der Waals surface area (Å²) < 4.78 is 2.04. The second-order valence-corrected chi connectivity index (χ2v) is 7.08. The Bertz CT molecular complexity index is 668. The third-order valence-corrected chi connectivity index (χ3v) is 4.49. The van der Waals surface area contributed by atoms with Gasteiger partial charge in [-0.3, -0.25) is 4.79 Å². The third kappa shape index (κ3) is 3.82. The van der Waals surface area contributed by atoms with Crippen LogP contribution in [0.3, 0.4) is 0 Å². The lowest BCUT2D eigenvalue weighted by Gasteiger charge is -2.02. The highest BCUT2D eigenvalue weighted by Gasteiger charge is 2.10. The Morgan fingerprint density at radius 2 is 1.95 bits per heavy atom. The molecule has 1 aromatic carbocycles. The summed E-state index contributed by atoms with van der Waals surface area (Å²) in [5.41, 5.74) is 4.34. The number of nitrogens with zero attached hydrogens (tertiary/aromatic N) is 1. The van der Waals surface area contributed by atoms with Gasteiger partial charge in [0.05, 0.1) is 10.0 Å². The van der Waals surface area contributed by atoms with Crippen LogP contribution in [0.5, 0.6) is 0 Å². The highest BCUT2D eigenvalue weighted by molar-refractivity contribution is 9.10. The normalized spacial score (nSPS) is 11.5. The largest absolute Gasteiger partial charge is 0.271 e. The van der Waals surface area contributed by atoms with E-state index in [1.165, 1.54) is 11.3 Å². The molecule has 7 heteroatoms. The Kier molecular flexibility index (Phi) is 5.21. The summed E-state index contributed by atoms with van der Waals surface area (Å²) in [6, 6.07) is 8.72. The molecule has 0 aliphatic carbocycles. The van der Waals surface area contributed by atoms with Crippen molar-refractivity contribution in [3.05, 3.63) is 54.6 Å². The maximum atomic E-state index is 11.9. The SMILES string of the molecule is C/C(=N\NC(=O)c1ccc(Br)cc1)c1cc(Cl)sc1Cl. The quantitative estimate of drug-likeness (QED) is 0.582. The van der Waals surface area contributed by atoms with Gasteiger partial charge in [0.2, 0.25) is 0 Å². The van der Waals surface area contributed by atoms with Crippen LogP contribution < -0.4 is 5.43 Å². The van der Waals surface area contributed by atoms with Crippen molar-refractivity contribution in [2.75, 3.05) is 0 Å². The molecule has 0 bridgehead atoms. The average Bonchev–Trinajstić information content (AvgIpc) is 2.75. The van der Waals surface area contributed by atoms with Gasteiger partial charge in [-0.25, -0.2) is 5.43 Å². The van der Waals surface area contributed by atoms with Crippen molar-refractivity contribution in [2.24, 2.45) is 5.10 Å². The molecule has 1 N–H and O–H groups in total. The zero-order chi connectivity index (χ0) is 14.7. The van der Waals surface area contributed by atoms with E-state index in [2.05, 4.69) is 26.5 Å². The molecule has 3 nitrogen and oxygen atoms in total. The standard InChI is InChI=1S/C13H9BrCl2N2OS/c1-7(10-6-11(15)20-12(10)16)17-18-13(19)8-2-4-9(14)5-3-8/h2-6H,1H3,(H,18,19)/b17-7+. The fourth-order valence-electron chi connectivity index (χ4n) is 1.45. The summed E-state index contributed by atoms with van der Waals surface area (Å²) in [7, 11) is 0. The van der Waals surface area contributed by atoms with Crippen LogP contribution in [0.25, 0.3) is 0 Å². The van der Waals surface area contributed by atoms with Gasteiger partial charge in [-0.15, -0.1) is 11.3 Å². The van der Waals surface area contributed by atoms with Crippen LogP contribution in [0.4, 0.5) is 0 Å². The molecule has 0 radical (unpaired) electrons. The van der Waals surface area contributed by atoms with Crippen molar-refractivity contribution in [1.29, 1.82) is 0 Å². The minimum absolute atomic E-state index is 0.283. The summed E-state index contributed by atoms with van der Waals surface area (Å²) in [4.78, 5) is 11.9. The minimum Gasteiger partial charge on any atom is -0.267 e. The molecule has 0 saturated heterocycles. The number of carbonyl (C=O) groups is 1. The topological polar surface area (TPSA) is 41.5 Å². The molecule has 0 atom stereocenters. The molecule has 1 amide bonds. The summed E-state index contributed by atoms with van der Waals surface area (Å²) in [5, 5.41) is 4.04. The fourth-order valence-corrected chi connectivity index (χ4v) is 3.28.